The summed E-state index contributed by atoms with van der Waals surface area (Å²) in [5.74, 6) is 1.25. The molecule has 1 atom stereocenters. The fourth-order valence-corrected chi connectivity index (χ4v) is 0.475. The van der Waals surface area contributed by atoms with E-state index in [9.17, 15) is 0 Å². The molecule has 0 saturated carbocycles. The third-order valence-electron chi connectivity index (χ3n) is 1.59. The zero-order valence-corrected chi connectivity index (χ0v) is 7.02. The van der Waals surface area contributed by atoms with E-state index in [0.29, 0.717) is 17.8 Å². The molecule has 0 aromatic carbocycles. The second kappa shape index (κ2) is 4.09. The van der Waals surface area contributed by atoms with Crippen LogP contribution in [0.1, 0.15) is 20.8 Å². The average Bonchev–Trinajstić information content (AvgIpc) is 1.87. The van der Waals surface area contributed by atoms with Crippen LogP contribution < -0.4 is 5.32 Å². The first kappa shape index (κ1) is 9.21. The van der Waals surface area contributed by atoms with Crippen LogP contribution >= 0.6 is 0 Å². The van der Waals surface area contributed by atoms with Gasteiger partial charge in [0, 0.05) is 6.04 Å². The van der Waals surface area contributed by atoms with Crippen molar-refractivity contribution in [3.63, 3.8) is 0 Å². The van der Waals surface area contributed by atoms with Crippen LogP contribution in [0, 0.1) is 5.92 Å². The maximum absolute atomic E-state index is 3.66. The third kappa shape index (κ3) is 3.28. The van der Waals surface area contributed by atoms with Gasteiger partial charge in [-0.1, -0.05) is 20.4 Å². The van der Waals surface area contributed by atoms with Gasteiger partial charge in [-0.05, 0) is 19.6 Å². The van der Waals surface area contributed by atoms with Gasteiger partial charge in [0.2, 0.25) is 0 Å². The highest BCUT2D eigenvalue weighted by molar-refractivity contribution is 5.27. The van der Waals surface area contributed by atoms with E-state index < -0.39 is 0 Å². The summed E-state index contributed by atoms with van der Waals surface area (Å²) >= 11 is 0. The van der Waals surface area contributed by atoms with Crippen LogP contribution in [0.4, 0.5) is 0 Å². The van der Waals surface area contributed by atoms with Crippen molar-refractivity contribution in [1.82, 2.24) is 5.32 Å². The summed E-state index contributed by atoms with van der Waals surface area (Å²) in [6.07, 6.45) is 0. The van der Waals surface area contributed by atoms with E-state index in [1.807, 2.05) is 0 Å². The van der Waals surface area contributed by atoms with Crippen molar-refractivity contribution in [1.29, 1.82) is 0 Å². The van der Waals surface area contributed by atoms with Crippen molar-refractivity contribution in [2.75, 3.05) is 0 Å². The van der Waals surface area contributed by atoms with E-state index in [1.165, 1.54) is 0 Å². The molecule has 2 heteroatoms. The first-order valence-corrected chi connectivity index (χ1v) is 3.50. The fraction of sp³-hybridized carbons (Fsp3) is 0.625. The quantitative estimate of drug-likeness (QED) is 0.591. The summed E-state index contributed by atoms with van der Waals surface area (Å²) in [5.41, 5.74) is 0. The monoisotopic (exact) mass is 140 g/mol. The summed E-state index contributed by atoms with van der Waals surface area (Å²) in [5, 5.41) is 3.11. The van der Waals surface area contributed by atoms with Gasteiger partial charge in [0.05, 0.1) is 0 Å². The summed E-state index contributed by atoms with van der Waals surface area (Å²) in [7, 11) is 0. The van der Waals surface area contributed by atoms with E-state index in [-0.39, 0.29) is 0 Å². The smallest absolute Gasteiger partial charge is 0.118 e. The van der Waals surface area contributed by atoms with Crippen molar-refractivity contribution in [3.8, 4) is 0 Å². The van der Waals surface area contributed by atoms with Gasteiger partial charge in [0.15, 0.2) is 0 Å². The fourth-order valence-electron chi connectivity index (χ4n) is 0.475. The van der Waals surface area contributed by atoms with E-state index in [0.717, 1.165) is 0 Å². The number of hydrogen-bond acceptors (Lipinski definition) is 2. The maximum atomic E-state index is 3.66. The van der Waals surface area contributed by atoms with Crippen LogP contribution in [0.15, 0.2) is 17.4 Å². The molecule has 1 unspecified atom stereocenters. The topological polar surface area (TPSA) is 24.4 Å². The molecular formula is C8H16N2. The van der Waals surface area contributed by atoms with Crippen molar-refractivity contribution in [2.24, 2.45) is 10.9 Å². The molecule has 0 aliphatic rings. The number of nitrogens with zero attached hydrogens (tertiary/aromatic N) is 1. The minimum atomic E-state index is 0.415. The number of rotatable bonds is 4. The average molecular weight is 140 g/mol. The standard InChI is InChI=1S/C8H16N2/c1-6(2)7(3)10-8(4)9-5/h6-7,10H,4-5H2,1-3H3. The van der Waals surface area contributed by atoms with Crippen LogP contribution in [0.5, 0.6) is 0 Å². The third-order valence-corrected chi connectivity index (χ3v) is 1.59. The molecule has 0 bridgehead atoms. The Hall–Kier alpha value is -0.790. The Morgan fingerprint density at radius 3 is 2.20 bits per heavy atom. The van der Waals surface area contributed by atoms with E-state index in [4.69, 9.17) is 0 Å². The number of hydrogen-bond donors (Lipinski definition) is 1. The molecule has 0 rings (SSSR count). The number of nitrogens with one attached hydrogen (secondary N) is 1. The van der Waals surface area contributed by atoms with Gasteiger partial charge in [-0.3, -0.25) is 0 Å². The molecule has 0 spiro atoms. The van der Waals surface area contributed by atoms with Crippen LogP contribution in [-0.4, -0.2) is 12.8 Å². The number of aliphatic imine (C=N–C) groups is 1. The first-order chi connectivity index (χ1) is 4.57. The lowest BCUT2D eigenvalue weighted by molar-refractivity contribution is 0.461. The molecule has 1 N–H and O–H groups in total. The largest absolute Gasteiger partial charge is 0.368 e. The van der Waals surface area contributed by atoms with Gasteiger partial charge in [0.1, 0.15) is 5.82 Å². The lowest BCUT2D eigenvalue weighted by Gasteiger charge is -2.17. The van der Waals surface area contributed by atoms with Crippen molar-refractivity contribution in [3.05, 3.63) is 12.4 Å². The zero-order valence-electron chi connectivity index (χ0n) is 7.02. The molecule has 0 fully saturated rings. The molecule has 0 aromatic heterocycles. The van der Waals surface area contributed by atoms with Crippen LogP contribution in [0.3, 0.4) is 0 Å². The van der Waals surface area contributed by atoms with Gasteiger partial charge in [0.25, 0.3) is 0 Å². The maximum Gasteiger partial charge on any atom is 0.118 e. The lowest BCUT2D eigenvalue weighted by atomic mass is 10.1. The minimum Gasteiger partial charge on any atom is -0.368 e. The summed E-state index contributed by atoms with van der Waals surface area (Å²) in [6.45, 7) is 13.4. The molecule has 0 radical (unpaired) electrons. The summed E-state index contributed by atoms with van der Waals surface area (Å²) in [6, 6.07) is 0.415. The first-order valence-electron chi connectivity index (χ1n) is 3.50. The highest BCUT2D eigenvalue weighted by Gasteiger charge is 2.04. The summed E-state index contributed by atoms with van der Waals surface area (Å²) in [4.78, 5) is 3.66. The van der Waals surface area contributed by atoms with Gasteiger partial charge < -0.3 is 5.32 Å². The molecule has 0 aromatic rings. The molecular weight excluding hydrogens is 124 g/mol. The Balaban J connectivity index is 3.67. The van der Waals surface area contributed by atoms with Crippen molar-refractivity contribution >= 4 is 6.72 Å². The molecule has 58 valence electrons. The molecule has 0 aliphatic carbocycles. The van der Waals surface area contributed by atoms with Gasteiger partial charge in [-0.25, -0.2) is 4.99 Å². The second-order valence-corrected chi connectivity index (χ2v) is 2.78. The molecule has 0 saturated heterocycles. The summed E-state index contributed by atoms with van der Waals surface area (Å²) < 4.78 is 0. The Labute approximate surface area is 63.0 Å². The van der Waals surface area contributed by atoms with Crippen molar-refractivity contribution in [2.45, 2.75) is 26.8 Å². The highest BCUT2D eigenvalue weighted by Crippen LogP contribution is 2.01. The molecule has 0 heterocycles. The Morgan fingerprint density at radius 1 is 1.40 bits per heavy atom. The molecule has 0 amide bonds. The zero-order chi connectivity index (χ0) is 8.15. The van der Waals surface area contributed by atoms with Gasteiger partial charge in [-0.15, -0.1) is 0 Å². The van der Waals surface area contributed by atoms with Gasteiger partial charge >= 0.3 is 0 Å². The predicted molar refractivity (Wildman–Crippen MR) is 46.1 cm³/mol. The Bertz CT molecular complexity index is 127. The van der Waals surface area contributed by atoms with Crippen molar-refractivity contribution < 1.29 is 0 Å². The normalized spacial score (nSPS) is 12.8. The van der Waals surface area contributed by atoms with Crippen LogP contribution in [-0.2, 0) is 0 Å². The van der Waals surface area contributed by atoms with Crippen LogP contribution in [0.25, 0.3) is 0 Å². The van der Waals surface area contributed by atoms with Gasteiger partial charge in [-0.2, -0.15) is 0 Å². The molecule has 2 nitrogen and oxygen atoms in total. The minimum absolute atomic E-state index is 0.415. The second-order valence-electron chi connectivity index (χ2n) is 2.78. The Morgan fingerprint density at radius 2 is 1.90 bits per heavy atom. The van der Waals surface area contributed by atoms with E-state index in [1.54, 1.807) is 0 Å². The molecule has 0 aliphatic heterocycles. The lowest BCUT2D eigenvalue weighted by Crippen LogP contribution is -2.28. The van der Waals surface area contributed by atoms with Crippen LogP contribution in [0.2, 0.25) is 0 Å². The van der Waals surface area contributed by atoms with E-state index >= 15 is 0 Å². The predicted octanol–water partition coefficient (Wildman–Crippen LogP) is 1.79. The van der Waals surface area contributed by atoms with E-state index in [2.05, 4.69) is 44.4 Å². The Kier molecular flexibility index (Phi) is 3.77. The SMILES string of the molecule is C=NC(=C)NC(C)C(C)C. The molecule has 10 heavy (non-hydrogen) atoms. The highest BCUT2D eigenvalue weighted by atomic mass is 15.0.